The lowest BCUT2D eigenvalue weighted by atomic mass is 9.82. The van der Waals surface area contributed by atoms with Crippen molar-refractivity contribution in [3.63, 3.8) is 0 Å². The van der Waals surface area contributed by atoms with E-state index in [0.29, 0.717) is 31.5 Å². The highest BCUT2D eigenvalue weighted by molar-refractivity contribution is 7.87. The van der Waals surface area contributed by atoms with Crippen LogP contribution in [0.4, 0.5) is 0 Å². The molecule has 0 spiro atoms. The minimum absolute atomic E-state index is 0.110. The third kappa shape index (κ3) is 5.31. The van der Waals surface area contributed by atoms with E-state index in [1.807, 2.05) is 7.05 Å². The summed E-state index contributed by atoms with van der Waals surface area (Å²) in [5.41, 5.74) is 0.110. The zero-order valence-corrected chi connectivity index (χ0v) is 14.4. The smallest absolute Gasteiger partial charge is 0.279 e. The van der Waals surface area contributed by atoms with E-state index >= 15 is 0 Å². The molecule has 5 nitrogen and oxygen atoms in total. The maximum absolute atomic E-state index is 12.4. The highest BCUT2D eigenvalue weighted by Crippen LogP contribution is 2.25. The average Bonchev–Trinajstić information content (AvgIpc) is 2.35. The minimum atomic E-state index is -3.33. The summed E-state index contributed by atoms with van der Waals surface area (Å²) in [6, 6.07) is 0. The second kappa shape index (κ2) is 7.20. The Balaban J connectivity index is 2.55. The Labute approximate surface area is 124 Å². The molecule has 1 aliphatic heterocycles. The van der Waals surface area contributed by atoms with Crippen LogP contribution in [0.5, 0.6) is 0 Å². The molecule has 0 aromatic heterocycles. The van der Waals surface area contributed by atoms with E-state index in [1.165, 1.54) is 0 Å². The Hall–Kier alpha value is -0.170. The second-order valence-electron chi connectivity index (χ2n) is 7.04. The third-order valence-corrected chi connectivity index (χ3v) is 5.91. The highest BCUT2D eigenvalue weighted by Gasteiger charge is 2.29. The summed E-state index contributed by atoms with van der Waals surface area (Å²) in [5, 5.41) is 3.14. The Kier molecular flexibility index (Phi) is 6.44. The van der Waals surface area contributed by atoms with E-state index in [1.54, 1.807) is 4.31 Å². The molecular weight excluding hydrogens is 274 g/mol. The van der Waals surface area contributed by atoms with E-state index in [4.69, 9.17) is 0 Å². The Morgan fingerprint density at radius 2 is 2.00 bits per heavy atom. The zero-order valence-electron chi connectivity index (χ0n) is 13.6. The van der Waals surface area contributed by atoms with E-state index in [-0.39, 0.29) is 5.41 Å². The summed E-state index contributed by atoms with van der Waals surface area (Å²) in [7, 11) is -1.42. The molecule has 1 aliphatic rings. The van der Waals surface area contributed by atoms with Crippen molar-refractivity contribution >= 4 is 10.2 Å². The quantitative estimate of drug-likeness (QED) is 0.780. The van der Waals surface area contributed by atoms with Gasteiger partial charge in [0.25, 0.3) is 10.2 Å². The Morgan fingerprint density at radius 3 is 2.55 bits per heavy atom. The van der Waals surface area contributed by atoms with Gasteiger partial charge in [0.2, 0.25) is 0 Å². The van der Waals surface area contributed by atoms with Crippen LogP contribution < -0.4 is 10.0 Å². The molecule has 1 rings (SSSR count). The molecule has 0 radical (unpaired) electrons. The first-order chi connectivity index (χ1) is 9.16. The molecule has 1 fully saturated rings. The average molecular weight is 305 g/mol. The van der Waals surface area contributed by atoms with Gasteiger partial charge < -0.3 is 5.32 Å². The van der Waals surface area contributed by atoms with Gasteiger partial charge in [-0.15, -0.1) is 0 Å². The fourth-order valence-corrected chi connectivity index (χ4v) is 3.75. The summed E-state index contributed by atoms with van der Waals surface area (Å²) in [6.45, 7) is 11.1. The summed E-state index contributed by atoms with van der Waals surface area (Å²) in [5.74, 6) is 0.723. The van der Waals surface area contributed by atoms with Gasteiger partial charge >= 0.3 is 0 Å². The van der Waals surface area contributed by atoms with E-state index in [0.717, 1.165) is 19.4 Å². The maximum Gasteiger partial charge on any atom is 0.279 e. The molecule has 0 aliphatic carbocycles. The molecule has 120 valence electrons. The lowest BCUT2D eigenvalue weighted by molar-refractivity contribution is 0.247. The number of piperidine rings is 1. The molecule has 6 heteroatoms. The molecule has 20 heavy (non-hydrogen) atoms. The third-order valence-electron chi connectivity index (χ3n) is 4.36. The first-order valence-electron chi connectivity index (χ1n) is 7.56. The lowest BCUT2D eigenvalue weighted by Gasteiger charge is -2.33. The predicted molar refractivity (Wildman–Crippen MR) is 83.8 cm³/mol. The van der Waals surface area contributed by atoms with Gasteiger partial charge in [-0.1, -0.05) is 27.7 Å². The van der Waals surface area contributed by atoms with Crippen LogP contribution in [0.1, 0.15) is 40.5 Å². The van der Waals surface area contributed by atoms with Crippen molar-refractivity contribution in [1.82, 2.24) is 14.3 Å². The number of nitrogens with zero attached hydrogens (tertiary/aromatic N) is 1. The Bertz CT molecular complexity index is 388. The predicted octanol–water partition coefficient (Wildman–Crippen LogP) is 1.43. The summed E-state index contributed by atoms with van der Waals surface area (Å²) < 4.78 is 29.1. The van der Waals surface area contributed by atoms with Crippen LogP contribution in [-0.4, -0.2) is 45.9 Å². The van der Waals surface area contributed by atoms with Crippen LogP contribution in [0.15, 0.2) is 0 Å². The van der Waals surface area contributed by atoms with Gasteiger partial charge in [0.15, 0.2) is 0 Å². The van der Waals surface area contributed by atoms with Gasteiger partial charge in [0.1, 0.15) is 0 Å². The summed E-state index contributed by atoms with van der Waals surface area (Å²) in [6.07, 6.45) is 2.05. The second-order valence-corrected chi connectivity index (χ2v) is 8.80. The fraction of sp³-hybridized carbons (Fsp3) is 1.00. The standard InChI is InChI=1S/C14H31N3O2S/c1-12(14(2,3)4)9-16-20(18,19)17-8-6-7-13(11-17)10-15-5/h12-13,15-16H,6-11H2,1-5H3. The van der Waals surface area contributed by atoms with Gasteiger partial charge in [0, 0.05) is 19.6 Å². The van der Waals surface area contributed by atoms with E-state index < -0.39 is 10.2 Å². The summed E-state index contributed by atoms with van der Waals surface area (Å²) in [4.78, 5) is 0. The zero-order chi connectivity index (χ0) is 15.4. The van der Waals surface area contributed by atoms with Gasteiger partial charge in [-0.2, -0.15) is 12.7 Å². The van der Waals surface area contributed by atoms with E-state index in [9.17, 15) is 8.42 Å². The first kappa shape index (κ1) is 17.9. The van der Waals surface area contributed by atoms with Crippen LogP contribution in [0.2, 0.25) is 0 Å². The molecule has 0 aromatic rings. The van der Waals surface area contributed by atoms with Crippen LogP contribution in [0, 0.1) is 17.3 Å². The molecule has 2 unspecified atom stereocenters. The van der Waals surface area contributed by atoms with Crippen molar-refractivity contribution in [2.45, 2.75) is 40.5 Å². The number of nitrogens with one attached hydrogen (secondary N) is 2. The molecular formula is C14H31N3O2S. The molecule has 0 amide bonds. The van der Waals surface area contributed by atoms with Gasteiger partial charge in [0.05, 0.1) is 0 Å². The largest absolute Gasteiger partial charge is 0.319 e. The number of rotatable bonds is 6. The van der Waals surface area contributed by atoms with Crippen molar-refractivity contribution in [2.24, 2.45) is 17.3 Å². The molecule has 2 N–H and O–H groups in total. The molecule has 1 saturated heterocycles. The SMILES string of the molecule is CNCC1CCCN(S(=O)(=O)NCC(C)C(C)(C)C)C1. The highest BCUT2D eigenvalue weighted by atomic mass is 32.2. The number of hydrogen-bond acceptors (Lipinski definition) is 3. The van der Waals surface area contributed by atoms with Crippen LogP contribution in [0.25, 0.3) is 0 Å². The normalized spacial score (nSPS) is 23.8. The van der Waals surface area contributed by atoms with Crippen molar-refractivity contribution in [2.75, 3.05) is 33.2 Å². The molecule has 1 heterocycles. The topological polar surface area (TPSA) is 61.4 Å². The van der Waals surface area contributed by atoms with Gasteiger partial charge in [-0.25, -0.2) is 4.72 Å². The van der Waals surface area contributed by atoms with E-state index in [2.05, 4.69) is 37.7 Å². The van der Waals surface area contributed by atoms with Crippen molar-refractivity contribution in [3.05, 3.63) is 0 Å². The summed E-state index contributed by atoms with van der Waals surface area (Å²) >= 11 is 0. The number of hydrogen-bond donors (Lipinski definition) is 2. The van der Waals surface area contributed by atoms with Crippen LogP contribution in [0.3, 0.4) is 0 Å². The molecule has 2 atom stereocenters. The lowest BCUT2D eigenvalue weighted by Crippen LogP contribution is -2.48. The first-order valence-corrected chi connectivity index (χ1v) is 9.00. The molecule has 0 bridgehead atoms. The fourth-order valence-electron chi connectivity index (χ4n) is 2.33. The van der Waals surface area contributed by atoms with Crippen molar-refractivity contribution < 1.29 is 8.42 Å². The minimum Gasteiger partial charge on any atom is -0.319 e. The van der Waals surface area contributed by atoms with Gasteiger partial charge in [-0.3, -0.25) is 0 Å². The van der Waals surface area contributed by atoms with Crippen LogP contribution >= 0.6 is 0 Å². The van der Waals surface area contributed by atoms with Gasteiger partial charge in [-0.05, 0) is 43.7 Å². The molecule has 0 saturated carbocycles. The Morgan fingerprint density at radius 1 is 1.35 bits per heavy atom. The maximum atomic E-state index is 12.4. The monoisotopic (exact) mass is 305 g/mol. The van der Waals surface area contributed by atoms with Crippen molar-refractivity contribution in [3.8, 4) is 0 Å². The molecule has 0 aromatic carbocycles. The van der Waals surface area contributed by atoms with Crippen molar-refractivity contribution in [1.29, 1.82) is 0 Å². The van der Waals surface area contributed by atoms with Crippen LogP contribution in [-0.2, 0) is 10.2 Å².